The van der Waals surface area contributed by atoms with E-state index in [9.17, 15) is 4.79 Å². The predicted molar refractivity (Wildman–Crippen MR) is 51.1 cm³/mol. The van der Waals surface area contributed by atoms with Crippen molar-refractivity contribution < 1.29 is 11.0 Å². The van der Waals surface area contributed by atoms with Gasteiger partial charge in [-0.1, -0.05) is 6.92 Å². The lowest BCUT2D eigenvalue weighted by molar-refractivity contribution is -0.119. The Morgan fingerprint density at radius 3 is 2.83 bits per heavy atom. The average Bonchev–Trinajstić information content (AvgIpc) is 2.03. The van der Waals surface area contributed by atoms with Gasteiger partial charge in [-0.25, -0.2) is 0 Å². The highest BCUT2D eigenvalue weighted by molar-refractivity contribution is 5.72. The first kappa shape index (κ1) is 11.4. The van der Waals surface area contributed by atoms with Crippen LogP contribution < -0.4 is 5.32 Å². The Bertz CT molecular complexity index is 131. The lowest BCUT2D eigenvalue weighted by Gasteiger charge is -2.09. The topological polar surface area (TPSA) is 38.3 Å². The first-order valence-electron chi connectivity index (χ1n) is 4.52. The van der Waals surface area contributed by atoms with Gasteiger partial charge < -0.3 is 10.1 Å². The summed E-state index contributed by atoms with van der Waals surface area (Å²) in [4.78, 5) is 10.4. The van der Waals surface area contributed by atoms with Crippen LogP contribution in [0, 0.1) is 0 Å². The fourth-order valence-corrected chi connectivity index (χ4v) is 0.739. The molecule has 0 rings (SSSR count). The van der Waals surface area contributed by atoms with E-state index in [2.05, 4.69) is 19.2 Å². The molecule has 0 saturated carbocycles. The van der Waals surface area contributed by atoms with Crippen LogP contribution in [0.2, 0.25) is 0 Å². The fourth-order valence-electron chi connectivity index (χ4n) is 0.739. The summed E-state index contributed by atoms with van der Waals surface area (Å²) in [6.45, 7) is 7.12. The second-order valence-corrected chi connectivity index (χ2v) is 2.93. The summed E-state index contributed by atoms with van der Waals surface area (Å²) in [5.41, 5.74) is 0. The summed E-state index contributed by atoms with van der Waals surface area (Å²) in [5, 5.41) is 2.72. The zero-order chi connectivity index (χ0) is 9.40. The molecule has 3 heteroatoms. The number of nitrogens with one attached hydrogen (secondary N) is 1. The molecular weight excluding hydrogens is 154 g/mol. The molecule has 1 unspecified atom stereocenters. The highest BCUT2D eigenvalue weighted by Crippen LogP contribution is 1.95. The predicted octanol–water partition coefficient (Wildman–Crippen LogP) is 1.57. The Morgan fingerprint density at radius 1 is 1.67 bits per heavy atom. The van der Waals surface area contributed by atoms with Gasteiger partial charge in [-0.3, -0.25) is 4.79 Å². The number of ether oxygens (including phenoxy) is 1. The normalized spacial score (nSPS) is 12.6. The Morgan fingerprint density at radius 2 is 2.33 bits per heavy atom. The van der Waals surface area contributed by atoms with Gasteiger partial charge in [-0.05, 0) is 19.8 Å². The van der Waals surface area contributed by atoms with Crippen molar-refractivity contribution in [2.24, 2.45) is 0 Å². The molecule has 0 fully saturated rings. The molecular formula is C9H21NO2. The zero-order valence-corrected chi connectivity index (χ0v) is 8.22. The quantitative estimate of drug-likeness (QED) is 0.622. The molecule has 12 heavy (non-hydrogen) atoms. The summed E-state index contributed by atoms with van der Waals surface area (Å²) in [5.74, 6) is 0.0264. The summed E-state index contributed by atoms with van der Waals surface area (Å²) in [6.07, 6.45) is 2.27. The van der Waals surface area contributed by atoms with Crippen LogP contribution in [0.1, 0.15) is 35.0 Å². The largest absolute Gasteiger partial charge is 0.378 e. The lowest BCUT2D eigenvalue weighted by Crippen LogP contribution is -2.22. The SMILES string of the molecule is CCC(C)OCCCNC(C)=O.[HH]. The molecule has 0 aromatic rings. The van der Waals surface area contributed by atoms with E-state index in [-0.39, 0.29) is 7.33 Å². The van der Waals surface area contributed by atoms with E-state index in [1.165, 1.54) is 6.92 Å². The van der Waals surface area contributed by atoms with Crippen molar-refractivity contribution in [3.8, 4) is 0 Å². The Balaban J connectivity index is 0. The minimum Gasteiger partial charge on any atom is -0.378 e. The van der Waals surface area contributed by atoms with Gasteiger partial charge in [0.1, 0.15) is 0 Å². The minimum absolute atomic E-state index is 0. The highest BCUT2D eigenvalue weighted by Gasteiger charge is 1.97. The summed E-state index contributed by atoms with van der Waals surface area (Å²) in [7, 11) is 0. The second kappa shape index (κ2) is 7.10. The Hall–Kier alpha value is -0.570. The highest BCUT2D eigenvalue weighted by atomic mass is 16.5. The third-order valence-electron chi connectivity index (χ3n) is 1.67. The van der Waals surface area contributed by atoms with Gasteiger partial charge in [0.05, 0.1) is 6.10 Å². The van der Waals surface area contributed by atoms with Crippen molar-refractivity contribution >= 4 is 5.91 Å². The lowest BCUT2D eigenvalue weighted by atomic mass is 10.3. The number of hydrogen-bond acceptors (Lipinski definition) is 2. The molecule has 0 aliphatic carbocycles. The van der Waals surface area contributed by atoms with Crippen molar-refractivity contribution in [3.05, 3.63) is 0 Å². The number of carbonyl (C=O) groups is 1. The molecule has 0 spiro atoms. The summed E-state index contributed by atoms with van der Waals surface area (Å²) >= 11 is 0. The van der Waals surface area contributed by atoms with Gasteiger partial charge in [0.25, 0.3) is 0 Å². The van der Waals surface area contributed by atoms with E-state index in [4.69, 9.17) is 4.74 Å². The minimum atomic E-state index is 0. The van der Waals surface area contributed by atoms with Gasteiger partial charge in [0.15, 0.2) is 0 Å². The monoisotopic (exact) mass is 175 g/mol. The molecule has 1 atom stereocenters. The van der Waals surface area contributed by atoms with Crippen molar-refractivity contribution in [2.45, 2.75) is 39.7 Å². The van der Waals surface area contributed by atoms with Gasteiger partial charge in [0.2, 0.25) is 5.91 Å². The Kier molecular flexibility index (Phi) is 6.76. The molecule has 3 nitrogen and oxygen atoms in total. The maximum atomic E-state index is 10.4. The molecule has 74 valence electrons. The fraction of sp³-hybridized carbons (Fsp3) is 0.889. The Labute approximate surface area is 76.0 Å². The van der Waals surface area contributed by atoms with Crippen LogP contribution in [-0.2, 0) is 9.53 Å². The third-order valence-corrected chi connectivity index (χ3v) is 1.67. The molecule has 0 aliphatic heterocycles. The van der Waals surface area contributed by atoms with E-state index in [1.807, 2.05) is 0 Å². The van der Waals surface area contributed by atoms with Crippen molar-refractivity contribution in [2.75, 3.05) is 13.2 Å². The van der Waals surface area contributed by atoms with Gasteiger partial charge in [-0.2, -0.15) is 0 Å². The van der Waals surface area contributed by atoms with Gasteiger partial charge in [-0.15, -0.1) is 0 Å². The van der Waals surface area contributed by atoms with Crippen LogP contribution in [0.5, 0.6) is 0 Å². The van der Waals surface area contributed by atoms with Crippen molar-refractivity contribution in [1.82, 2.24) is 5.32 Å². The van der Waals surface area contributed by atoms with E-state index >= 15 is 0 Å². The van der Waals surface area contributed by atoms with Crippen LogP contribution in [0.15, 0.2) is 0 Å². The molecule has 0 saturated heterocycles. The molecule has 1 N–H and O–H groups in total. The molecule has 0 aromatic heterocycles. The van der Waals surface area contributed by atoms with Gasteiger partial charge in [0, 0.05) is 21.5 Å². The average molecular weight is 175 g/mol. The van der Waals surface area contributed by atoms with Gasteiger partial charge >= 0.3 is 0 Å². The number of carbonyl (C=O) groups excluding carboxylic acids is 1. The molecule has 0 aliphatic rings. The molecule has 0 radical (unpaired) electrons. The van der Waals surface area contributed by atoms with Crippen LogP contribution in [0.3, 0.4) is 0 Å². The van der Waals surface area contributed by atoms with E-state index in [0.29, 0.717) is 12.6 Å². The molecule has 1 amide bonds. The molecule has 0 heterocycles. The summed E-state index contributed by atoms with van der Waals surface area (Å²) < 4.78 is 5.42. The standard InChI is InChI=1S/C9H19NO2.H2/c1-4-8(2)12-7-5-6-10-9(3)11;/h8H,4-7H2,1-3H3,(H,10,11);1H. The van der Waals surface area contributed by atoms with Crippen molar-refractivity contribution in [3.63, 3.8) is 0 Å². The van der Waals surface area contributed by atoms with Crippen LogP contribution in [0.4, 0.5) is 0 Å². The first-order chi connectivity index (χ1) is 5.66. The van der Waals surface area contributed by atoms with Crippen LogP contribution in [-0.4, -0.2) is 25.2 Å². The zero-order valence-electron chi connectivity index (χ0n) is 8.22. The van der Waals surface area contributed by atoms with E-state index in [0.717, 1.165) is 19.4 Å². The molecule has 0 bridgehead atoms. The number of hydrogen-bond donors (Lipinski definition) is 1. The summed E-state index contributed by atoms with van der Waals surface area (Å²) in [6, 6.07) is 0. The maximum Gasteiger partial charge on any atom is 0.216 e. The van der Waals surface area contributed by atoms with Crippen LogP contribution in [0.25, 0.3) is 0 Å². The van der Waals surface area contributed by atoms with Crippen molar-refractivity contribution in [1.29, 1.82) is 0 Å². The van der Waals surface area contributed by atoms with Crippen LogP contribution >= 0.6 is 0 Å². The number of rotatable bonds is 6. The second-order valence-electron chi connectivity index (χ2n) is 2.93. The number of amides is 1. The third kappa shape index (κ3) is 7.54. The smallest absolute Gasteiger partial charge is 0.216 e. The van der Waals surface area contributed by atoms with E-state index < -0.39 is 0 Å². The molecule has 0 aromatic carbocycles. The van der Waals surface area contributed by atoms with E-state index in [1.54, 1.807) is 0 Å². The maximum absolute atomic E-state index is 10.4. The first-order valence-corrected chi connectivity index (χ1v) is 4.52.